The third-order valence-electron chi connectivity index (χ3n) is 5.40. The van der Waals surface area contributed by atoms with Crippen LogP contribution in [0.15, 0.2) is 30.3 Å². The molecular weight excluding hydrogens is 362 g/mol. The molecule has 1 aliphatic carbocycles. The van der Waals surface area contributed by atoms with Gasteiger partial charge in [-0.3, -0.25) is 0 Å². The summed E-state index contributed by atoms with van der Waals surface area (Å²) in [4.78, 5) is 0. The second-order valence-corrected chi connectivity index (χ2v) is 7.29. The molecule has 0 radical (unpaired) electrons. The summed E-state index contributed by atoms with van der Waals surface area (Å²) in [6, 6.07) is 7.46. The monoisotopic (exact) mass is 388 g/mol. The van der Waals surface area contributed by atoms with Crippen molar-refractivity contribution in [3.8, 4) is 11.5 Å². The van der Waals surface area contributed by atoms with Crippen LogP contribution < -0.4 is 0 Å². The number of hydrogen-bond acceptors (Lipinski definition) is 3. The van der Waals surface area contributed by atoms with Crippen molar-refractivity contribution in [3.63, 3.8) is 0 Å². The van der Waals surface area contributed by atoms with Crippen LogP contribution in [-0.2, 0) is 6.42 Å². The first-order valence-corrected chi connectivity index (χ1v) is 9.85. The van der Waals surface area contributed by atoms with Gasteiger partial charge < -0.3 is 15.3 Å². The summed E-state index contributed by atoms with van der Waals surface area (Å²) in [7, 11) is 0. The van der Waals surface area contributed by atoms with Gasteiger partial charge in [-0.15, -0.1) is 0 Å². The Hall–Kier alpha value is -2.40. The van der Waals surface area contributed by atoms with Gasteiger partial charge in [0.05, 0.1) is 0 Å². The molecular formula is C23H26F2O3. The van der Waals surface area contributed by atoms with Crippen LogP contribution in [0.25, 0.3) is 11.1 Å². The summed E-state index contributed by atoms with van der Waals surface area (Å²) in [6.45, 7) is 0.177. The van der Waals surface area contributed by atoms with Gasteiger partial charge in [-0.25, -0.2) is 8.78 Å². The van der Waals surface area contributed by atoms with E-state index >= 15 is 0 Å². The van der Waals surface area contributed by atoms with E-state index in [0.29, 0.717) is 24.8 Å². The Morgan fingerprint density at radius 1 is 0.857 bits per heavy atom. The van der Waals surface area contributed by atoms with Crippen molar-refractivity contribution in [2.45, 2.75) is 51.4 Å². The maximum absolute atomic E-state index is 14.6. The molecule has 0 aromatic heterocycles. The van der Waals surface area contributed by atoms with Crippen LogP contribution in [0.1, 0.15) is 61.6 Å². The fourth-order valence-corrected chi connectivity index (χ4v) is 3.96. The fourth-order valence-electron chi connectivity index (χ4n) is 3.96. The molecule has 3 rings (SSSR count). The molecule has 0 spiro atoms. The molecule has 28 heavy (non-hydrogen) atoms. The highest BCUT2D eigenvalue weighted by atomic mass is 19.1. The van der Waals surface area contributed by atoms with Crippen LogP contribution >= 0.6 is 0 Å². The van der Waals surface area contributed by atoms with Crippen molar-refractivity contribution < 1.29 is 24.1 Å². The predicted octanol–water partition coefficient (Wildman–Crippen LogP) is 5.57. The zero-order valence-corrected chi connectivity index (χ0v) is 15.8. The van der Waals surface area contributed by atoms with E-state index in [1.807, 2.05) is 0 Å². The number of rotatable bonds is 7. The summed E-state index contributed by atoms with van der Waals surface area (Å²) in [6.07, 6.45) is 6.14. The second kappa shape index (κ2) is 9.20. The minimum absolute atomic E-state index is 0.177. The molecule has 3 nitrogen and oxygen atoms in total. The molecule has 150 valence electrons. The van der Waals surface area contributed by atoms with E-state index in [1.54, 1.807) is 12.1 Å². The number of halogens is 2. The molecule has 0 saturated carbocycles. The molecule has 0 aliphatic heterocycles. The van der Waals surface area contributed by atoms with E-state index in [0.717, 1.165) is 54.4 Å². The highest BCUT2D eigenvalue weighted by Gasteiger charge is 2.22. The molecule has 0 amide bonds. The summed E-state index contributed by atoms with van der Waals surface area (Å²) in [5.41, 5.74) is 4.02. The lowest BCUT2D eigenvalue weighted by molar-refractivity contribution is 0.282. The number of aromatic hydroxyl groups is 2. The Bertz CT molecular complexity index is 874. The van der Waals surface area contributed by atoms with Crippen LogP contribution in [-0.4, -0.2) is 21.9 Å². The molecule has 1 aliphatic rings. The minimum atomic E-state index is -0.667. The van der Waals surface area contributed by atoms with Gasteiger partial charge in [-0.05, 0) is 84.6 Å². The maximum Gasteiger partial charge on any atom is 0.168 e. The predicted molar refractivity (Wildman–Crippen MR) is 106 cm³/mol. The third-order valence-corrected chi connectivity index (χ3v) is 5.40. The second-order valence-electron chi connectivity index (χ2n) is 7.29. The van der Waals surface area contributed by atoms with Gasteiger partial charge in [0.25, 0.3) is 0 Å². The number of allylic oxidation sites excluding steroid dienone is 2. The van der Waals surface area contributed by atoms with Crippen molar-refractivity contribution in [3.05, 3.63) is 58.7 Å². The maximum atomic E-state index is 14.6. The van der Waals surface area contributed by atoms with Crippen molar-refractivity contribution in [2.75, 3.05) is 6.61 Å². The molecule has 0 fully saturated rings. The highest BCUT2D eigenvalue weighted by molar-refractivity contribution is 5.92. The lowest BCUT2D eigenvalue weighted by Crippen LogP contribution is -1.98. The average Bonchev–Trinajstić information content (AvgIpc) is 2.87. The van der Waals surface area contributed by atoms with Crippen molar-refractivity contribution in [2.24, 2.45) is 0 Å². The smallest absolute Gasteiger partial charge is 0.168 e. The quantitative estimate of drug-likeness (QED) is 0.544. The largest absolute Gasteiger partial charge is 0.505 e. The molecule has 0 heterocycles. The average molecular weight is 388 g/mol. The molecule has 0 atom stereocenters. The number of hydrogen-bond donors (Lipinski definition) is 3. The summed E-state index contributed by atoms with van der Waals surface area (Å²) < 4.78 is 28.1. The lowest BCUT2D eigenvalue weighted by Gasteiger charge is -2.17. The SMILES string of the molecule is OCCCCCCC1=C(c2ccc(F)c(O)c2)CCCc2c1ccc(O)c2F. The molecule has 0 unspecified atom stereocenters. The topological polar surface area (TPSA) is 60.7 Å². The Balaban J connectivity index is 2.04. The first-order valence-electron chi connectivity index (χ1n) is 9.85. The van der Waals surface area contributed by atoms with Crippen LogP contribution in [0, 0.1) is 11.6 Å². The normalized spacial score (nSPS) is 14.1. The van der Waals surface area contributed by atoms with Crippen LogP contribution in [0.4, 0.5) is 8.78 Å². The minimum Gasteiger partial charge on any atom is -0.505 e. The van der Waals surface area contributed by atoms with Gasteiger partial charge >= 0.3 is 0 Å². The van der Waals surface area contributed by atoms with Gasteiger partial charge in [0, 0.05) is 6.61 Å². The van der Waals surface area contributed by atoms with Crippen molar-refractivity contribution >= 4 is 11.1 Å². The number of unbranched alkanes of at least 4 members (excludes halogenated alkanes) is 3. The van der Waals surface area contributed by atoms with Gasteiger partial charge in [-0.1, -0.05) is 25.0 Å². The molecule has 2 aromatic rings. The number of fused-ring (bicyclic) bond motifs is 1. The summed E-state index contributed by atoms with van der Waals surface area (Å²) >= 11 is 0. The van der Waals surface area contributed by atoms with Gasteiger partial charge in [0.15, 0.2) is 23.1 Å². The van der Waals surface area contributed by atoms with E-state index in [9.17, 15) is 19.0 Å². The van der Waals surface area contributed by atoms with Crippen LogP contribution in [0.2, 0.25) is 0 Å². The fraction of sp³-hybridized carbons (Fsp3) is 0.391. The van der Waals surface area contributed by atoms with Crippen molar-refractivity contribution in [1.29, 1.82) is 0 Å². The van der Waals surface area contributed by atoms with Crippen molar-refractivity contribution in [1.82, 2.24) is 0 Å². The number of phenols is 2. The first-order chi connectivity index (χ1) is 13.5. The Labute approximate surface area is 164 Å². The van der Waals surface area contributed by atoms with E-state index in [2.05, 4.69) is 0 Å². The van der Waals surface area contributed by atoms with E-state index < -0.39 is 17.4 Å². The van der Waals surface area contributed by atoms with E-state index in [4.69, 9.17) is 5.11 Å². The van der Waals surface area contributed by atoms with E-state index in [1.165, 1.54) is 18.2 Å². The lowest BCUT2D eigenvalue weighted by atomic mass is 9.88. The van der Waals surface area contributed by atoms with Crippen LogP contribution in [0.3, 0.4) is 0 Å². The van der Waals surface area contributed by atoms with Gasteiger partial charge in [-0.2, -0.15) is 0 Å². The molecule has 3 N–H and O–H groups in total. The standard InChI is InChI=1S/C23H26F2O3/c24-20-11-9-15(14-22(20)28)16-7-5-8-19-18(10-12-21(27)23(19)25)17(16)6-3-1-2-4-13-26/h9-12,14,26-28H,1-8,13H2. The van der Waals surface area contributed by atoms with Gasteiger partial charge in [0.1, 0.15) is 0 Å². The zero-order chi connectivity index (χ0) is 20.1. The van der Waals surface area contributed by atoms with E-state index in [-0.39, 0.29) is 12.4 Å². The summed E-state index contributed by atoms with van der Waals surface area (Å²) in [5.74, 6) is -1.98. The molecule has 0 bridgehead atoms. The number of aliphatic hydroxyl groups is 1. The van der Waals surface area contributed by atoms with Crippen LogP contribution in [0.5, 0.6) is 11.5 Å². The Morgan fingerprint density at radius 3 is 2.39 bits per heavy atom. The third kappa shape index (κ3) is 4.36. The molecule has 5 heteroatoms. The Kier molecular flexibility index (Phi) is 6.68. The first kappa shape index (κ1) is 20.3. The zero-order valence-electron chi connectivity index (χ0n) is 15.8. The number of phenolic OH excluding ortho intramolecular Hbond substituents is 2. The highest BCUT2D eigenvalue weighted by Crippen LogP contribution is 2.41. The molecule has 2 aromatic carbocycles. The molecule has 0 saturated heterocycles. The summed E-state index contributed by atoms with van der Waals surface area (Å²) in [5, 5.41) is 28.6. The van der Waals surface area contributed by atoms with Gasteiger partial charge in [0.2, 0.25) is 0 Å². The number of aliphatic hydroxyl groups excluding tert-OH is 1. The number of benzene rings is 2. The Morgan fingerprint density at radius 2 is 1.64 bits per heavy atom.